The fourth-order valence-corrected chi connectivity index (χ4v) is 4.25. The Morgan fingerprint density at radius 1 is 1.09 bits per heavy atom. The van der Waals surface area contributed by atoms with Crippen LogP contribution in [0.15, 0.2) is 58.7 Å². The maximum Gasteiger partial charge on any atom is 0.338 e. The lowest BCUT2D eigenvalue weighted by atomic mass is 9.96. The van der Waals surface area contributed by atoms with Gasteiger partial charge >= 0.3 is 11.9 Å². The maximum atomic E-state index is 12.7. The molecule has 8 nitrogen and oxygen atoms in total. The molecule has 1 atom stereocenters. The molecule has 1 heterocycles. The van der Waals surface area contributed by atoms with E-state index in [4.69, 9.17) is 24.3 Å². The number of nitrogens with one attached hydrogen (secondary N) is 1. The Bertz CT molecular complexity index is 1090. The van der Waals surface area contributed by atoms with Gasteiger partial charge in [0.15, 0.2) is 16.7 Å². The fourth-order valence-electron chi connectivity index (χ4n) is 3.35. The predicted octanol–water partition coefficient (Wildman–Crippen LogP) is 4.17. The molecule has 0 radical (unpaired) electrons. The summed E-state index contributed by atoms with van der Waals surface area (Å²) in [6.07, 6.45) is 0. The van der Waals surface area contributed by atoms with Gasteiger partial charge in [0.25, 0.3) is 0 Å². The molecule has 174 valence electrons. The van der Waals surface area contributed by atoms with Gasteiger partial charge < -0.3 is 24.6 Å². The molecule has 0 saturated carbocycles. The molecule has 3 rings (SSSR count). The van der Waals surface area contributed by atoms with Gasteiger partial charge in [-0.2, -0.15) is 0 Å². The number of carboxylic acids is 1. The van der Waals surface area contributed by atoms with Crippen molar-refractivity contribution in [1.82, 2.24) is 5.32 Å². The Morgan fingerprint density at radius 2 is 1.79 bits per heavy atom. The number of ether oxygens (including phenoxy) is 3. The number of carboxylic acid groups (broad SMARTS) is 1. The molecule has 33 heavy (non-hydrogen) atoms. The minimum Gasteiger partial charge on any atom is -0.493 e. The molecule has 0 amide bonds. The lowest BCUT2D eigenvalue weighted by molar-refractivity contribution is -0.138. The Hall–Kier alpha value is -3.46. The van der Waals surface area contributed by atoms with E-state index in [2.05, 4.69) is 5.32 Å². The molecule has 2 aromatic carbocycles. The second-order valence-electron chi connectivity index (χ2n) is 7.13. The second kappa shape index (κ2) is 10.9. The van der Waals surface area contributed by atoms with Gasteiger partial charge in [-0.05, 0) is 49.2 Å². The highest BCUT2D eigenvalue weighted by molar-refractivity contribution is 8.13. The number of hydrogen-bond donors (Lipinski definition) is 2. The van der Waals surface area contributed by atoms with Gasteiger partial charge in [0.05, 0.1) is 32.0 Å². The number of carbonyl (C=O) groups is 2. The lowest BCUT2D eigenvalue weighted by Gasteiger charge is -2.26. The van der Waals surface area contributed by atoms with E-state index in [1.165, 1.54) is 11.8 Å². The number of methoxy groups -OCH3 is 2. The number of rotatable bonds is 8. The van der Waals surface area contributed by atoms with Crippen molar-refractivity contribution in [2.24, 2.45) is 4.99 Å². The highest BCUT2D eigenvalue weighted by atomic mass is 32.2. The number of thioether (sulfide) groups is 1. The molecule has 1 aliphatic heterocycles. The van der Waals surface area contributed by atoms with Crippen LogP contribution in [0.4, 0.5) is 0 Å². The first kappa shape index (κ1) is 24.2. The molecule has 9 heteroatoms. The molecule has 0 bridgehead atoms. The van der Waals surface area contributed by atoms with E-state index < -0.39 is 18.0 Å². The van der Waals surface area contributed by atoms with Crippen LogP contribution in [0.1, 0.15) is 41.4 Å². The average Bonchev–Trinajstić information content (AvgIpc) is 2.82. The van der Waals surface area contributed by atoms with Crippen LogP contribution in [0.25, 0.3) is 0 Å². The fraction of sp³-hybridized carbons (Fsp3) is 0.292. The van der Waals surface area contributed by atoms with E-state index in [0.717, 1.165) is 11.1 Å². The molecule has 1 aliphatic rings. The quantitative estimate of drug-likeness (QED) is 0.554. The van der Waals surface area contributed by atoms with Gasteiger partial charge in [-0.1, -0.05) is 30.0 Å². The van der Waals surface area contributed by atoms with Crippen molar-refractivity contribution in [2.45, 2.75) is 25.6 Å². The number of hydrogen-bond acceptors (Lipinski definition) is 8. The largest absolute Gasteiger partial charge is 0.493 e. The molecule has 2 aromatic rings. The van der Waals surface area contributed by atoms with Crippen LogP contribution in [0.2, 0.25) is 0 Å². The molecule has 0 aliphatic carbocycles. The second-order valence-corrected chi connectivity index (χ2v) is 8.09. The summed E-state index contributed by atoms with van der Waals surface area (Å²) in [5.41, 5.74) is 3.05. The Balaban J connectivity index is 1.90. The molecule has 0 saturated heterocycles. The highest BCUT2D eigenvalue weighted by Crippen LogP contribution is 2.37. The minimum absolute atomic E-state index is 0.239. The van der Waals surface area contributed by atoms with Crippen LogP contribution in [-0.4, -0.2) is 43.0 Å². The summed E-state index contributed by atoms with van der Waals surface area (Å²) in [5.74, 6) is 0.304. The first-order valence-corrected chi connectivity index (χ1v) is 11.3. The first-order chi connectivity index (χ1) is 15.9. The molecule has 0 unspecified atom stereocenters. The van der Waals surface area contributed by atoms with Gasteiger partial charge in [0.2, 0.25) is 0 Å². The van der Waals surface area contributed by atoms with E-state index >= 15 is 0 Å². The van der Waals surface area contributed by atoms with Crippen molar-refractivity contribution in [1.29, 1.82) is 0 Å². The predicted molar refractivity (Wildman–Crippen MR) is 127 cm³/mol. The number of allylic oxidation sites excluding steroid dienone is 1. The summed E-state index contributed by atoms with van der Waals surface area (Å²) in [6, 6.07) is 11.5. The van der Waals surface area contributed by atoms with Crippen LogP contribution in [-0.2, 0) is 15.3 Å². The number of carbonyl (C=O) groups excluding carboxylic acids is 1. The van der Waals surface area contributed by atoms with Gasteiger partial charge in [-0.3, -0.25) is 0 Å². The minimum atomic E-state index is -0.961. The smallest absolute Gasteiger partial charge is 0.338 e. The summed E-state index contributed by atoms with van der Waals surface area (Å²) in [5, 5.41) is 12.9. The van der Waals surface area contributed by atoms with Crippen molar-refractivity contribution in [3.8, 4) is 11.5 Å². The Morgan fingerprint density at radius 3 is 2.39 bits per heavy atom. The lowest BCUT2D eigenvalue weighted by Crippen LogP contribution is -2.30. The van der Waals surface area contributed by atoms with Crippen LogP contribution in [0.3, 0.4) is 0 Å². The summed E-state index contributed by atoms with van der Waals surface area (Å²) in [4.78, 5) is 28.6. The van der Waals surface area contributed by atoms with Crippen molar-refractivity contribution in [3.05, 3.63) is 70.4 Å². The van der Waals surface area contributed by atoms with Crippen LogP contribution < -0.4 is 14.8 Å². The number of aliphatic imine (C=N–C) groups is 1. The van der Waals surface area contributed by atoms with Crippen molar-refractivity contribution in [2.75, 3.05) is 20.8 Å². The Kier molecular flexibility index (Phi) is 8.00. The van der Waals surface area contributed by atoms with Gasteiger partial charge in [0.1, 0.15) is 6.04 Å². The van der Waals surface area contributed by atoms with E-state index in [9.17, 15) is 9.59 Å². The molecule has 0 aromatic heterocycles. The number of nitrogens with zero attached hydrogens (tertiary/aromatic N) is 1. The third-order valence-corrected chi connectivity index (χ3v) is 5.97. The zero-order valence-corrected chi connectivity index (χ0v) is 19.7. The monoisotopic (exact) mass is 470 g/mol. The topological polar surface area (TPSA) is 106 Å². The maximum absolute atomic E-state index is 12.7. The molecule has 0 fully saturated rings. The van der Waals surface area contributed by atoms with Crippen LogP contribution in [0.5, 0.6) is 11.5 Å². The summed E-state index contributed by atoms with van der Waals surface area (Å²) < 4.78 is 16.0. The third kappa shape index (κ3) is 5.67. The average molecular weight is 471 g/mol. The van der Waals surface area contributed by atoms with Gasteiger partial charge in [-0.25, -0.2) is 14.6 Å². The van der Waals surface area contributed by atoms with Crippen LogP contribution in [0, 0.1) is 0 Å². The summed E-state index contributed by atoms with van der Waals surface area (Å²) in [6.45, 7) is 3.83. The molecular formula is C24H26N2O6S. The number of esters is 1. The van der Waals surface area contributed by atoms with Crippen LogP contribution >= 0.6 is 11.8 Å². The Labute approximate surface area is 196 Å². The van der Waals surface area contributed by atoms with E-state index in [0.29, 0.717) is 33.7 Å². The van der Waals surface area contributed by atoms with E-state index in [-0.39, 0.29) is 12.2 Å². The van der Waals surface area contributed by atoms with E-state index in [1.807, 2.05) is 13.0 Å². The van der Waals surface area contributed by atoms with Crippen molar-refractivity contribution in [3.63, 3.8) is 0 Å². The summed E-state index contributed by atoms with van der Waals surface area (Å²) >= 11 is 1.46. The normalized spacial score (nSPS) is 15.4. The number of aromatic carboxylic acids is 1. The molecular weight excluding hydrogens is 444 g/mol. The van der Waals surface area contributed by atoms with Crippen molar-refractivity contribution < 1.29 is 28.9 Å². The SMILES string of the molecule is CCOC(=O)C1=C(C)NC(SCc2ccc(C(=O)O)cc2)=N[C@H]1c1ccc(OC)c(OC)c1. The molecule has 0 spiro atoms. The highest BCUT2D eigenvalue weighted by Gasteiger charge is 2.31. The van der Waals surface area contributed by atoms with Crippen molar-refractivity contribution >= 4 is 28.9 Å². The zero-order valence-electron chi connectivity index (χ0n) is 18.9. The third-order valence-electron chi connectivity index (χ3n) is 5.01. The first-order valence-electron chi connectivity index (χ1n) is 10.3. The standard InChI is InChI=1S/C24H26N2O6S/c1-5-32-23(29)20-14(2)25-24(33-13-15-6-8-16(9-7-15)22(27)28)26-21(20)17-10-11-18(30-3)19(12-17)31-4/h6-12,21H,5,13H2,1-4H3,(H,25,26)(H,27,28)/t21-/m0/s1. The number of amidine groups is 1. The van der Waals surface area contributed by atoms with Gasteiger partial charge in [0, 0.05) is 11.4 Å². The van der Waals surface area contributed by atoms with E-state index in [1.54, 1.807) is 57.5 Å². The zero-order chi connectivity index (χ0) is 24.0. The molecule has 2 N–H and O–H groups in total. The van der Waals surface area contributed by atoms with Gasteiger partial charge in [-0.15, -0.1) is 0 Å². The summed E-state index contributed by atoms with van der Waals surface area (Å²) in [7, 11) is 3.11. The number of benzene rings is 2.